The van der Waals surface area contributed by atoms with Gasteiger partial charge in [-0.2, -0.15) is 0 Å². The zero-order valence-corrected chi connectivity index (χ0v) is 11.0. The third-order valence-electron chi connectivity index (χ3n) is 4.69. The number of likely N-dealkylation sites (tertiary alicyclic amines) is 1. The van der Waals surface area contributed by atoms with Gasteiger partial charge in [0, 0.05) is 12.6 Å². The Morgan fingerprint density at radius 3 is 2.50 bits per heavy atom. The molecule has 1 aliphatic heterocycles. The minimum atomic E-state index is -0.0692. The molecule has 1 saturated heterocycles. The van der Waals surface area contributed by atoms with E-state index in [0.717, 1.165) is 24.2 Å². The van der Waals surface area contributed by atoms with Crippen molar-refractivity contribution >= 4 is 0 Å². The zero-order valence-electron chi connectivity index (χ0n) is 11.0. The molecule has 1 N–H and O–H groups in total. The van der Waals surface area contributed by atoms with Gasteiger partial charge in [-0.15, -0.1) is 0 Å². The average Bonchev–Trinajstić information content (AvgIpc) is 2.65. The summed E-state index contributed by atoms with van der Waals surface area (Å²) in [5.41, 5.74) is 0. The van der Waals surface area contributed by atoms with Crippen molar-refractivity contribution in [3.05, 3.63) is 0 Å². The topological polar surface area (TPSA) is 23.5 Å². The van der Waals surface area contributed by atoms with E-state index in [1.807, 2.05) is 0 Å². The minimum absolute atomic E-state index is 0.0692. The predicted octanol–water partition coefficient (Wildman–Crippen LogP) is 2.51. The first-order valence-electron chi connectivity index (χ1n) is 7.00. The van der Waals surface area contributed by atoms with E-state index in [1.165, 1.54) is 32.4 Å². The van der Waals surface area contributed by atoms with Gasteiger partial charge < -0.3 is 5.11 Å². The second kappa shape index (κ2) is 5.05. The van der Waals surface area contributed by atoms with Crippen molar-refractivity contribution in [2.75, 3.05) is 13.1 Å². The normalized spacial score (nSPS) is 41.8. The summed E-state index contributed by atoms with van der Waals surface area (Å²) in [7, 11) is 0. The molecule has 1 saturated carbocycles. The third kappa shape index (κ3) is 2.60. The lowest BCUT2D eigenvalue weighted by molar-refractivity contribution is 0.00398. The lowest BCUT2D eigenvalue weighted by atomic mass is 9.77. The van der Waals surface area contributed by atoms with Gasteiger partial charge in [0.2, 0.25) is 0 Å². The SMILES string of the molecule is CC1CCN(C2CC(C(C)C)CCC2O)C1. The van der Waals surface area contributed by atoms with Gasteiger partial charge in [0.15, 0.2) is 0 Å². The van der Waals surface area contributed by atoms with E-state index in [4.69, 9.17) is 0 Å². The van der Waals surface area contributed by atoms with Crippen LogP contribution >= 0.6 is 0 Å². The summed E-state index contributed by atoms with van der Waals surface area (Å²) in [4.78, 5) is 2.55. The fraction of sp³-hybridized carbons (Fsp3) is 1.00. The molecule has 0 spiro atoms. The first-order chi connectivity index (χ1) is 7.58. The molecule has 0 amide bonds. The Bertz CT molecular complexity index is 229. The molecular weight excluding hydrogens is 198 g/mol. The van der Waals surface area contributed by atoms with Crippen LogP contribution in [0.2, 0.25) is 0 Å². The standard InChI is InChI=1S/C14H27NO/c1-10(2)12-4-5-14(16)13(8-12)15-7-6-11(3)9-15/h10-14,16H,4-9H2,1-3H3. The molecule has 4 unspecified atom stereocenters. The Kier molecular flexibility index (Phi) is 3.91. The molecule has 0 bridgehead atoms. The number of hydrogen-bond acceptors (Lipinski definition) is 2. The van der Waals surface area contributed by atoms with Crippen LogP contribution in [0.4, 0.5) is 0 Å². The van der Waals surface area contributed by atoms with Gasteiger partial charge >= 0.3 is 0 Å². The zero-order chi connectivity index (χ0) is 11.7. The van der Waals surface area contributed by atoms with E-state index in [0.29, 0.717) is 6.04 Å². The summed E-state index contributed by atoms with van der Waals surface area (Å²) in [6.07, 6.45) is 4.69. The fourth-order valence-electron chi connectivity index (χ4n) is 3.43. The molecule has 0 aromatic heterocycles. The second-order valence-corrected chi connectivity index (χ2v) is 6.34. The maximum atomic E-state index is 10.2. The van der Waals surface area contributed by atoms with Crippen molar-refractivity contribution in [3.63, 3.8) is 0 Å². The summed E-state index contributed by atoms with van der Waals surface area (Å²) in [6.45, 7) is 9.38. The van der Waals surface area contributed by atoms with Crippen molar-refractivity contribution in [2.45, 2.75) is 58.6 Å². The number of aliphatic hydroxyl groups excluding tert-OH is 1. The molecule has 1 aliphatic carbocycles. The van der Waals surface area contributed by atoms with E-state index < -0.39 is 0 Å². The quantitative estimate of drug-likeness (QED) is 0.780. The monoisotopic (exact) mass is 225 g/mol. The second-order valence-electron chi connectivity index (χ2n) is 6.34. The van der Waals surface area contributed by atoms with Crippen molar-refractivity contribution in [1.29, 1.82) is 0 Å². The first kappa shape index (κ1) is 12.4. The van der Waals surface area contributed by atoms with Crippen LogP contribution in [0.3, 0.4) is 0 Å². The first-order valence-corrected chi connectivity index (χ1v) is 7.00. The third-order valence-corrected chi connectivity index (χ3v) is 4.69. The minimum Gasteiger partial charge on any atom is -0.391 e. The summed E-state index contributed by atoms with van der Waals surface area (Å²) in [5, 5.41) is 10.2. The maximum absolute atomic E-state index is 10.2. The summed E-state index contributed by atoms with van der Waals surface area (Å²) in [6, 6.07) is 0.450. The maximum Gasteiger partial charge on any atom is 0.0695 e. The van der Waals surface area contributed by atoms with Crippen LogP contribution < -0.4 is 0 Å². The molecule has 16 heavy (non-hydrogen) atoms. The smallest absolute Gasteiger partial charge is 0.0695 e. The van der Waals surface area contributed by atoms with Crippen molar-refractivity contribution in [1.82, 2.24) is 4.90 Å². The summed E-state index contributed by atoms with van der Waals surface area (Å²) < 4.78 is 0. The van der Waals surface area contributed by atoms with Gasteiger partial charge in [-0.3, -0.25) is 4.90 Å². The fourth-order valence-corrected chi connectivity index (χ4v) is 3.43. The van der Waals surface area contributed by atoms with Gasteiger partial charge in [0.1, 0.15) is 0 Å². The van der Waals surface area contributed by atoms with Crippen molar-refractivity contribution in [3.8, 4) is 0 Å². The molecule has 2 nitrogen and oxygen atoms in total. The Hall–Kier alpha value is -0.0800. The van der Waals surface area contributed by atoms with Gasteiger partial charge in [-0.05, 0) is 50.0 Å². The Labute approximate surface area is 100 Å². The van der Waals surface area contributed by atoms with Crippen LogP contribution in [0.25, 0.3) is 0 Å². The predicted molar refractivity (Wildman–Crippen MR) is 67.3 cm³/mol. The molecule has 0 radical (unpaired) electrons. The van der Waals surface area contributed by atoms with Crippen molar-refractivity contribution in [2.24, 2.45) is 17.8 Å². The highest BCUT2D eigenvalue weighted by Gasteiger charge is 2.36. The van der Waals surface area contributed by atoms with Crippen LogP contribution in [-0.2, 0) is 0 Å². The van der Waals surface area contributed by atoms with Gasteiger partial charge in [-0.1, -0.05) is 20.8 Å². The van der Waals surface area contributed by atoms with E-state index >= 15 is 0 Å². The van der Waals surface area contributed by atoms with Crippen molar-refractivity contribution < 1.29 is 5.11 Å². The highest BCUT2D eigenvalue weighted by molar-refractivity contribution is 4.90. The molecule has 2 rings (SSSR count). The molecule has 4 atom stereocenters. The summed E-state index contributed by atoms with van der Waals surface area (Å²) >= 11 is 0. The van der Waals surface area contributed by atoms with Crippen LogP contribution in [0, 0.1) is 17.8 Å². The molecule has 2 aliphatic rings. The van der Waals surface area contributed by atoms with Gasteiger partial charge in [-0.25, -0.2) is 0 Å². The number of rotatable bonds is 2. The average molecular weight is 225 g/mol. The lowest BCUT2D eigenvalue weighted by Gasteiger charge is -2.40. The van der Waals surface area contributed by atoms with E-state index in [9.17, 15) is 5.11 Å². The largest absolute Gasteiger partial charge is 0.391 e. The van der Waals surface area contributed by atoms with Crippen LogP contribution in [0.1, 0.15) is 46.5 Å². The molecule has 94 valence electrons. The number of nitrogens with zero attached hydrogens (tertiary/aromatic N) is 1. The Morgan fingerprint density at radius 2 is 1.94 bits per heavy atom. The van der Waals surface area contributed by atoms with E-state index in [1.54, 1.807) is 0 Å². The highest BCUT2D eigenvalue weighted by atomic mass is 16.3. The van der Waals surface area contributed by atoms with Crippen LogP contribution in [0.5, 0.6) is 0 Å². The number of aliphatic hydroxyl groups is 1. The molecular formula is C14H27NO. The molecule has 1 heterocycles. The van der Waals surface area contributed by atoms with E-state index in [-0.39, 0.29) is 6.10 Å². The number of hydrogen-bond donors (Lipinski definition) is 1. The molecule has 0 aromatic carbocycles. The van der Waals surface area contributed by atoms with Crippen LogP contribution in [-0.4, -0.2) is 35.2 Å². The Morgan fingerprint density at radius 1 is 1.19 bits per heavy atom. The molecule has 0 aromatic rings. The molecule has 2 heteroatoms. The van der Waals surface area contributed by atoms with Gasteiger partial charge in [0.05, 0.1) is 6.10 Å². The lowest BCUT2D eigenvalue weighted by Crippen LogP contribution is -2.47. The van der Waals surface area contributed by atoms with Gasteiger partial charge in [0.25, 0.3) is 0 Å². The van der Waals surface area contributed by atoms with Crippen LogP contribution in [0.15, 0.2) is 0 Å². The summed E-state index contributed by atoms with van der Waals surface area (Å²) in [5.74, 6) is 2.42. The highest BCUT2D eigenvalue weighted by Crippen LogP contribution is 2.34. The molecule has 2 fully saturated rings. The Balaban J connectivity index is 1.95. The van der Waals surface area contributed by atoms with E-state index in [2.05, 4.69) is 25.7 Å².